The van der Waals surface area contributed by atoms with Gasteiger partial charge in [-0.15, -0.1) is 0 Å². The molecular weight excluding hydrogens is 312 g/mol. The molecule has 2 nitrogen and oxygen atoms in total. The molecule has 0 N–H and O–H groups in total. The van der Waals surface area contributed by atoms with E-state index in [0.29, 0.717) is 5.02 Å². The van der Waals surface area contributed by atoms with Crippen molar-refractivity contribution in [3.05, 3.63) is 32.5 Å². The van der Waals surface area contributed by atoms with Crippen LogP contribution in [0.5, 0.6) is 5.75 Å². The SMILES string of the molecule is COc1cc(C(C)(C)C)c(Cl)cc1C=C(SC)[S+](C)[O-]. The number of halogens is 1. The van der Waals surface area contributed by atoms with E-state index in [1.54, 1.807) is 13.4 Å². The highest BCUT2D eigenvalue weighted by Gasteiger charge is 2.20. The number of thioether (sulfide) groups is 1. The van der Waals surface area contributed by atoms with E-state index < -0.39 is 11.2 Å². The van der Waals surface area contributed by atoms with Gasteiger partial charge in [0.25, 0.3) is 0 Å². The first-order valence-corrected chi connectivity index (χ1v) is 9.34. The predicted octanol–water partition coefficient (Wildman–Crippen LogP) is 4.69. The highest BCUT2D eigenvalue weighted by molar-refractivity contribution is 8.18. The molecule has 1 aromatic rings. The molecule has 20 heavy (non-hydrogen) atoms. The quantitative estimate of drug-likeness (QED) is 0.750. The molecule has 0 aliphatic rings. The first-order valence-electron chi connectivity index (χ1n) is 6.17. The second-order valence-corrected chi connectivity index (χ2v) is 8.31. The normalized spacial score (nSPS) is 14.3. The van der Waals surface area contributed by atoms with Crippen LogP contribution in [0, 0.1) is 0 Å². The van der Waals surface area contributed by atoms with E-state index in [2.05, 4.69) is 20.8 Å². The Labute approximate surface area is 134 Å². The lowest BCUT2D eigenvalue weighted by molar-refractivity contribution is 0.411. The van der Waals surface area contributed by atoms with Gasteiger partial charge >= 0.3 is 0 Å². The Morgan fingerprint density at radius 2 is 2.00 bits per heavy atom. The zero-order chi connectivity index (χ0) is 15.5. The lowest BCUT2D eigenvalue weighted by Gasteiger charge is -2.22. The second-order valence-electron chi connectivity index (χ2n) is 5.45. The fraction of sp³-hybridized carbons (Fsp3) is 0.467. The Morgan fingerprint density at radius 1 is 1.40 bits per heavy atom. The molecule has 0 saturated heterocycles. The number of hydrogen-bond donors (Lipinski definition) is 0. The first-order chi connectivity index (χ1) is 9.20. The fourth-order valence-corrected chi connectivity index (χ4v) is 3.75. The number of methoxy groups -OCH3 is 1. The van der Waals surface area contributed by atoms with Crippen molar-refractivity contribution >= 4 is 40.6 Å². The van der Waals surface area contributed by atoms with Crippen molar-refractivity contribution < 1.29 is 9.29 Å². The van der Waals surface area contributed by atoms with Gasteiger partial charge in [-0.05, 0) is 40.5 Å². The van der Waals surface area contributed by atoms with E-state index in [9.17, 15) is 4.55 Å². The lowest BCUT2D eigenvalue weighted by atomic mass is 9.86. The molecule has 1 aromatic carbocycles. The van der Waals surface area contributed by atoms with Crippen LogP contribution in [0.25, 0.3) is 6.08 Å². The minimum absolute atomic E-state index is 0.0531. The average molecular weight is 333 g/mol. The molecule has 5 heteroatoms. The van der Waals surface area contributed by atoms with Gasteiger partial charge in [0, 0.05) is 16.7 Å². The third kappa shape index (κ3) is 4.35. The molecule has 1 unspecified atom stereocenters. The highest BCUT2D eigenvalue weighted by atomic mass is 35.5. The Hall–Kier alpha value is -0.290. The molecule has 0 radical (unpaired) electrons. The maximum Gasteiger partial charge on any atom is 0.186 e. The predicted molar refractivity (Wildman–Crippen MR) is 92.3 cm³/mol. The first kappa shape index (κ1) is 17.8. The minimum Gasteiger partial charge on any atom is -0.611 e. The number of hydrogen-bond acceptors (Lipinski definition) is 3. The summed E-state index contributed by atoms with van der Waals surface area (Å²) in [6.07, 6.45) is 5.45. The van der Waals surface area contributed by atoms with Crippen LogP contribution in [0.1, 0.15) is 31.9 Å². The van der Waals surface area contributed by atoms with Crippen molar-refractivity contribution in [3.63, 3.8) is 0 Å². The maximum atomic E-state index is 11.6. The number of benzene rings is 1. The molecule has 0 saturated carbocycles. The van der Waals surface area contributed by atoms with E-state index >= 15 is 0 Å². The molecule has 0 aliphatic carbocycles. The van der Waals surface area contributed by atoms with Gasteiger partial charge < -0.3 is 9.29 Å². The molecule has 1 atom stereocenters. The van der Waals surface area contributed by atoms with Gasteiger partial charge in [-0.2, -0.15) is 0 Å². The van der Waals surface area contributed by atoms with Crippen molar-refractivity contribution in [2.75, 3.05) is 19.6 Å². The van der Waals surface area contributed by atoms with Crippen LogP contribution < -0.4 is 4.74 Å². The standard InChI is InChI=1S/C15H21ClO2S2/c1-15(2,3)11-9-13(18-4)10(7-12(11)16)8-14(19-5)20(6)17/h7-9H,1-6H3. The molecule has 0 spiro atoms. The van der Waals surface area contributed by atoms with Crippen LogP contribution in [0.4, 0.5) is 0 Å². The summed E-state index contributed by atoms with van der Waals surface area (Å²) in [5, 5.41) is 0.701. The van der Waals surface area contributed by atoms with Crippen molar-refractivity contribution in [1.82, 2.24) is 0 Å². The largest absolute Gasteiger partial charge is 0.611 e. The van der Waals surface area contributed by atoms with Crippen LogP contribution in [-0.2, 0) is 16.6 Å². The summed E-state index contributed by atoms with van der Waals surface area (Å²) in [6.45, 7) is 6.33. The smallest absolute Gasteiger partial charge is 0.186 e. The van der Waals surface area contributed by atoms with Gasteiger partial charge in [0.05, 0.1) is 7.11 Å². The van der Waals surface area contributed by atoms with Gasteiger partial charge in [-0.25, -0.2) is 0 Å². The average Bonchev–Trinajstić information content (AvgIpc) is 2.34. The minimum atomic E-state index is -1.02. The summed E-state index contributed by atoms with van der Waals surface area (Å²) in [5.74, 6) is 0.747. The molecule has 0 aliphatic heterocycles. The van der Waals surface area contributed by atoms with Gasteiger partial charge in [-0.1, -0.05) is 44.1 Å². The molecule has 1 rings (SSSR count). The van der Waals surface area contributed by atoms with Gasteiger partial charge in [0.2, 0.25) is 0 Å². The number of ether oxygens (including phenoxy) is 1. The Morgan fingerprint density at radius 3 is 2.40 bits per heavy atom. The van der Waals surface area contributed by atoms with Crippen LogP contribution in [0.3, 0.4) is 0 Å². The van der Waals surface area contributed by atoms with E-state index in [0.717, 1.165) is 21.1 Å². The summed E-state index contributed by atoms with van der Waals surface area (Å²) >= 11 is 6.83. The third-order valence-corrected chi connectivity index (χ3v) is 5.61. The van der Waals surface area contributed by atoms with Gasteiger partial charge in [0.15, 0.2) is 4.24 Å². The van der Waals surface area contributed by atoms with Crippen molar-refractivity contribution in [2.45, 2.75) is 26.2 Å². The molecule has 0 amide bonds. The molecule has 112 valence electrons. The lowest BCUT2D eigenvalue weighted by Crippen LogP contribution is -2.12. The van der Waals surface area contributed by atoms with Gasteiger partial charge in [-0.3, -0.25) is 0 Å². The number of rotatable bonds is 4. The van der Waals surface area contributed by atoms with E-state index in [4.69, 9.17) is 16.3 Å². The molecule has 0 aromatic heterocycles. The van der Waals surface area contributed by atoms with Crippen molar-refractivity contribution in [3.8, 4) is 5.75 Å². The monoisotopic (exact) mass is 332 g/mol. The van der Waals surface area contributed by atoms with Crippen molar-refractivity contribution in [2.24, 2.45) is 0 Å². The Balaban J connectivity index is 3.40. The Kier molecular flexibility index (Phi) is 6.32. The van der Waals surface area contributed by atoms with Crippen LogP contribution in [0.15, 0.2) is 16.4 Å². The highest BCUT2D eigenvalue weighted by Crippen LogP contribution is 2.36. The maximum absolute atomic E-state index is 11.6. The van der Waals surface area contributed by atoms with Crippen LogP contribution in [-0.4, -0.2) is 24.2 Å². The van der Waals surface area contributed by atoms with Crippen LogP contribution >= 0.6 is 23.4 Å². The Bertz CT molecular complexity index is 505. The van der Waals surface area contributed by atoms with Crippen molar-refractivity contribution in [1.29, 1.82) is 0 Å². The van der Waals surface area contributed by atoms with E-state index in [1.165, 1.54) is 11.8 Å². The molecular formula is C15H21ClO2S2. The molecule has 0 heterocycles. The van der Waals surface area contributed by atoms with Crippen LogP contribution in [0.2, 0.25) is 5.02 Å². The fourth-order valence-electron chi connectivity index (χ4n) is 1.82. The summed E-state index contributed by atoms with van der Waals surface area (Å²) in [4.78, 5) is 0. The summed E-state index contributed by atoms with van der Waals surface area (Å²) in [5.41, 5.74) is 1.84. The topological polar surface area (TPSA) is 32.3 Å². The molecule has 0 fully saturated rings. The summed E-state index contributed by atoms with van der Waals surface area (Å²) in [7, 11) is 1.63. The summed E-state index contributed by atoms with van der Waals surface area (Å²) in [6, 6.07) is 3.84. The van der Waals surface area contributed by atoms with E-state index in [-0.39, 0.29) is 5.41 Å². The summed E-state index contributed by atoms with van der Waals surface area (Å²) < 4.78 is 17.9. The zero-order valence-corrected chi connectivity index (χ0v) is 15.1. The van der Waals surface area contributed by atoms with E-state index in [1.807, 2.05) is 24.5 Å². The second kappa shape index (κ2) is 7.12. The molecule has 0 bridgehead atoms. The third-order valence-electron chi connectivity index (χ3n) is 2.89. The zero-order valence-electron chi connectivity index (χ0n) is 12.7. The van der Waals surface area contributed by atoms with Gasteiger partial charge in [0.1, 0.15) is 12.0 Å².